The predicted octanol–water partition coefficient (Wildman–Crippen LogP) is 8.27. The Morgan fingerprint density at radius 2 is 1.44 bits per heavy atom. The van der Waals surface area contributed by atoms with Crippen molar-refractivity contribution in [1.82, 2.24) is 0 Å². The molecule has 0 aliphatic heterocycles. The fraction of sp³-hybridized carbons (Fsp3) is 0.241. The molecule has 0 aliphatic rings. The molecule has 176 valence electrons. The minimum Gasteiger partial charge on any atom is -0.494 e. The van der Waals surface area contributed by atoms with Crippen LogP contribution in [0.4, 0.5) is 13.2 Å². The maximum atomic E-state index is 15.1. The van der Waals surface area contributed by atoms with E-state index in [0.717, 1.165) is 36.0 Å². The van der Waals surface area contributed by atoms with Crippen molar-refractivity contribution in [2.24, 2.45) is 0 Å². The van der Waals surface area contributed by atoms with E-state index >= 15 is 4.39 Å². The van der Waals surface area contributed by atoms with Gasteiger partial charge in [-0.3, -0.25) is 0 Å². The summed E-state index contributed by atoms with van der Waals surface area (Å²) in [5.74, 6) is -1.01. The van der Waals surface area contributed by atoms with Gasteiger partial charge < -0.3 is 4.74 Å². The molecule has 0 amide bonds. The minimum atomic E-state index is -0.802. The fourth-order valence-electron chi connectivity index (χ4n) is 4.07. The highest BCUT2D eigenvalue weighted by Gasteiger charge is 2.12. The van der Waals surface area contributed by atoms with Crippen LogP contribution in [0.3, 0.4) is 0 Å². The molecule has 4 rings (SSSR count). The minimum absolute atomic E-state index is 0.292. The molecule has 0 bridgehead atoms. The Balaban J connectivity index is 1.44. The number of hydrogen-bond acceptors (Lipinski definition) is 1. The van der Waals surface area contributed by atoms with Crippen LogP contribution in [0.5, 0.6) is 5.75 Å². The summed E-state index contributed by atoms with van der Waals surface area (Å²) < 4.78 is 48.2. The maximum absolute atomic E-state index is 15.1. The quantitative estimate of drug-likeness (QED) is 0.218. The number of halogens is 4. The van der Waals surface area contributed by atoms with Crippen molar-refractivity contribution in [2.75, 3.05) is 6.61 Å². The van der Waals surface area contributed by atoms with Crippen LogP contribution in [0, 0.1) is 17.5 Å². The number of aryl methyl sites for hydroxylation is 4. The third kappa shape index (κ3) is 5.74. The number of rotatable bonds is 9. The molecule has 5 heteroatoms. The zero-order valence-corrected chi connectivity index (χ0v) is 19.8. The van der Waals surface area contributed by atoms with Gasteiger partial charge in [0, 0.05) is 5.39 Å². The lowest BCUT2D eigenvalue weighted by Crippen LogP contribution is -1.99. The van der Waals surface area contributed by atoms with Gasteiger partial charge in [-0.05, 0) is 84.0 Å². The van der Waals surface area contributed by atoms with Gasteiger partial charge in [-0.2, -0.15) is 0 Å². The highest BCUT2D eigenvalue weighted by atomic mass is 35.5. The summed E-state index contributed by atoms with van der Waals surface area (Å²) in [6.45, 7) is 2.78. The van der Waals surface area contributed by atoms with Crippen LogP contribution < -0.4 is 4.74 Å². The lowest BCUT2D eigenvalue weighted by atomic mass is 9.97. The van der Waals surface area contributed by atoms with Gasteiger partial charge in [0.2, 0.25) is 0 Å². The van der Waals surface area contributed by atoms with Crippen molar-refractivity contribution in [3.8, 4) is 5.75 Å². The average molecular weight is 483 g/mol. The summed E-state index contributed by atoms with van der Waals surface area (Å²) in [7, 11) is 0. The Bertz CT molecular complexity index is 1280. The second-order valence-electron chi connectivity index (χ2n) is 8.46. The Kier molecular flexibility index (Phi) is 7.79. The highest BCUT2D eigenvalue weighted by Crippen LogP contribution is 2.26. The maximum Gasteiger partial charge on any atom is 0.145 e. The van der Waals surface area contributed by atoms with Crippen LogP contribution in [0.1, 0.15) is 35.6 Å². The van der Waals surface area contributed by atoms with Crippen LogP contribution in [-0.2, 0) is 25.7 Å². The van der Waals surface area contributed by atoms with Gasteiger partial charge in [-0.25, -0.2) is 13.2 Å². The molecule has 4 aromatic carbocycles. The summed E-state index contributed by atoms with van der Waals surface area (Å²) in [6.07, 6.45) is 3.32. The third-order valence-corrected chi connectivity index (χ3v) is 6.26. The summed E-state index contributed by atoms with van der Waals surface area (Å²) in [4.78, 5) is 0. The zero-order valence-electron chi connectivity index (χ0n) is 19.0. The molecule has 0 heterocycles. The van der Waals surface area contributed by atoms with E-state index in [1.165, 1.54) is 17.7 Å². The Labute approximate surface area is 203 Å². The zero-order chi connectivity index (χ0) is 24.1. The molecule has 0 aromatic heterocycles. The SMILES string of the molecule is CCCOc1cccc(CCc2ccc3c(F)c(CCc4cc(F)c(Cl)c(F)c4)ccc3c2)c1. The molecule has 0 N–H and O–H groups in total. The van der Waals surface area contributed by atoms with Crippen LogP contribution in [0.15, 0.2) is 66.7 Å². The molecular formula is C29H26ClF3O. The normalized spacial score (nSPS) is 11.2. The molecule has 0 spiro atoms. The van der Waals surface area contributed by atoms with E-state index in [0.29, 0.717) is 36.0 Å². The first kappa shape index (κ1) is 24.2. The molecule has 1 nitrogen and oxygen atoms in total. The van der Waals surface area contributed by atoms with Crippen LogP contribution in [0.25, 0.3) is 10.8 Å². The smallest absolute Gasteiger partial charge is 0.145 e. The van der Waals surface area contributed by atoms with Crippen LogP contribution in [0.2, 0.25) is 5.02 Å². The van der Waals surface area contributed by atoms with Crippen molar-refractivity contribution < 1.29 is 17.9 Å². The Morgan fingerprint density at radius 1 is 0.735 bits per heavy atom. The van der Waals surface area contributed by atoms with Gasteiger partial charge in [0.15, 0.2) is 0 Å². The van der Waals surface area contributed by atoms with Crippen LogP contribution >= 0.6 is 11.6 Å². The fourth-order valence-corrected chi connectivity index (χ4v) is 4.17. The lowest BCUT2D eigenvalue weighted by molar-refractivity contribution is 0.317. The van der Waals surface area contributed by atoms with Crippen LogP contribution in [-0.4, -0.2) is 6.61 Å². The second-order valence-corrected chi connectivity index (χ2v) is 8.84. The highest BCUT2D eigenvalue weighted by molar-refractivity contribution is 6.30. The molecule has 0 aliphatic carbocycles. The van der Waals surface area contributed by atoms with Gasteiger partial charge >= 0.3 is 0 Å². The molecule has 0 fully saturated rings. The molecule has 0 saturated carbocycles. The van der Waals surface area contributed by atoms with Crippen molar-refractivity contribution in [3.05, 3.63) is 111 Å². The second kappa shape index (κ2) is 11.0. The molecule has 0 radical (unpaired) electrons. The Morgan fingerprint density at radius 3 is 2.18 bits per heavy atom. The van der Waals surface area contributed by atoms with Gasteiger partial charge in [0.25, 0.3) is 0 Å². The lowest BCUT2D eigenvalue weighted by Gasteiger charge is -2.10. The number of ether oxygens (including phenoxy) is 1. The van der Waals surface area contributed by atoms with Gasteiger partial charge in [-0.1, -0.05) is 61.0 Å². The predicted molar refractivity (Wildman–Crippen MR) is 132 cm³/mol. The number of hydrogen-bond donors (Lipinski definition) is 0. The van der Waals surface area contributed by atoms with Gasteiger partial charge in [-0.15, -0.1) is 0 Å². The van der Waals surface area contributed by atoms with Crippen molar-refractivity contribution in [1.29, 1.82) is 0 Å². The van der Waals surface area contributed by atoms with Crippen molar-refractivity contribution in [3.63, 3.8) is 0 Å². The number of fused-ring (bicyclic) bond motifs is 1. The topological polar surface area (TPSA) is 9.23 Å². The first-order chi connectivity index (χ1) is 16.4. The molecular weight excluding hydrogens is 457 g/mol. The van der Waals surface area contributed by atoms with E-state index in [1.807, 2.05) is 36.4 Å². The third-order valence-electron chi connectivity index (χ3n) is 5.90. The average Bonchev–Trinajstić information content (AvgIpc) is 2.84. The molecule has 0 saturated heterocycles. The van der Waals surface area contributed by atoms with E-state index in [9.17, 15) is 8.78 Å². The van der Waals surface area contributed by atoms with E-state index in [1.54, 1.807) is 6.07 Å². The molecule has 0 unspecified atom stereocenters. The van der Waals surface area contributed by atoms with Crippen molar-refractivity contribution in [2.45, 2.75) is 39.0 Å². The first-order valence-electron chi connectivity index (χ1n) is 11.5. The van der Waals surface area contributed by atoms with E-state index in [-0.39, 0.29) is 5.82 Å². The molecule has 34 heavy (non-hydrogen) atoms. The van der Waals surface area contributed by atoms with E-state index in [2.05, 4.69) is 19.1 Å². The summed E-state index contributed by atoms with van der Waals surface area (Å²) in [5.41, 5.74) is 3.29. The summed E-state index contributed by atoms with van der Waals surface area (Å²) in [6, 6.07) is 20.0. The summed E-state index contributed by atoms with van der Waals surface area (Å²) in [5, 5.41) is 0.862. The first-order valence-corrected chi connectivity index (χ1v) is 11.9. The van der Waals surface area contributed by atoms with Gasteiger partial charge in [0.05, 0.1) is 6.61 Å². The van der Waals surface area contributed by atoms with E-state index < -0.39 is 16.7 Å². The number of benzene rings is 4. The summed E-state index contributed by atoms with van der Waals surface area (Å²) >= 11 is 5.54. The molecule has 4 aromatic rings. The van der Waals surface area contributed by atoms with Gasteiger partial charge in [0.1, 0.15) is 28.2 Å². The largest absolute Gasteiger partial charge is 0.494 e. The molecule has 0 atom stereocenters. The standard InChI is InChI=1S/C29H26ClF3O/c1-2-14-34-24-5-3-4-19(16-24)6-7-20-9-13-25-23(15-20)12-11-22(29(25)33)10-8-21-17-26(31)28(30)27(32)18-21/h3-5,9,11-13,15-18H,2,6-8,10,14H2,1H3. The van der Waals surface area contributed by atoms with E-state index in [4.69, 9.17) is 16.3 Å². The van der Waals surface area contributed by atoms with Crippen molar-refractivity contribution >= 4 is 22.4 Å². The Hall–Kier alpha value is -2.98. The monoisotopic (exact) mass is 482 g/mol.